The number of hydrogen-bond acceptors (Lipinski definition) is 2. The maximum Gasteiger partial charge on any atom is 0.306 e. The molecule has 0 aromatic heterocycles. The van der Waals surface area contributed by atoms with E-state index in [0.29, 0.717) is 17.3 Å². The highest BCUT2D eigenvalue weighted by molar-refractivity contribution is 5.69. The first-order valence-electron chi connectivity index (χ1n) is 24.0. The number of allylic oxidation sites excluding steroid dienone is 1. The zero-order valence-corrected chi connectivity index (χ0v) is 36.2. The van der Waals surface area contributed by atoms with Gasteiger partial charge in [-0.2, -0.15) is 0 Å². The van der Waals surface area contributed by atoms with Gasteiger partial charge in [-0.3, -0.25) is 4.79 Å². The fourth-order valence-electron chi connectivity index (χ4n) is 12.8. The molecule has 3 saturated carbocycles. The summed E-state index contributed by atoms with van der Waals surface area (Å²) in [5.41, 5.74) is 2.52. The number of unbranched alkanes of at least 4 members (excludes halogenated alkanes) is 17. The summed E-state index contributed by atoms with van der Waals surface area (Å²) in [6.45, 7) is 17.5. The number of rotatable bonds is 26. The van der Waals surface area contributed by atoms with Crippen LogP contribution in [0.2, 0.25) is 0 Å². The Balaban J connectivity index is 1.07. The summed E-state index contributed by atoms with van der Waals surface area (Å²) in [6.07, 6.45) is 42.7. The van der Waals surface area contributed by atoms with Gasteiger partial charge in [0.1, 0.15) is 6.10 Å². The fraction of sp³-hybridized carbons (Fsp3) is 0.940. The van der Waals surface area contributed by atoms with E-state index in [4.69, 9.17) is 4.74 Å². The molecule has 0 N–H and O–H groups in total. The van der Waals surface area contributed by atoms with Crippen LogP contribution in [0.15, 0.2) is 11.6 Å². The molecular formula is C50H90O2. The van der Waals surface area contributed by atoms with Gasteiger partial charge in [-0.1, -0.05) is 182 Å². The maximum atomic E-state index is 12.9. The number of ether oxygens (including phenoxy) is 1. The Bertz CT molecular complexity index is 1030. The molecule has 0 heterocycles. The van der Waals surface area contributed by atoms with E-state index >= 15 is 0 Å². The van der Waals surface area contributed by atoms with Crippen LogP contribution in [0.4, 0.5) is 0 Å². The van der Waals surface area contributed by atoms with Crippen LogP contribution in [0.5, 0.6) is 0 Å². The van der Waals surface area contributed by atoms with Crippen molar-refractivity contribution in [2.45, 2.75) is 247 Å². The van der Waals surface area contributed by atoms with E-state index in [-0.39, 0.29) is 12.1 Å². The van der Waals surface area contributed by atoms with Crippen molar-refractivity contribution < 1.29 is 9.53 Å². The Hall–Kier alpha value is -0.790. The highest BCUT2D eigenvalue weighted by Crippen LogP contribution is 2.67. The molecule has 0 saturated heterocycles. The first-order valence-corrected chi connectivity index (χ1v) is 24.0. The van der Waals surface area contributed by atoms with Crippen molar-refractivity contribution in [3.8, 4) is 0 Å². The topological polar surface area (TPSA) is 26.3 Å². The monoisotopic (exact) mass is 723 g/mol. The van der Waals surface area contributed by atoms with Gasteiger partial charge in [-0.05, 0) is 110 Å². The molecule has 0 aliphatic heterocycles. The highest BCUT2D eigenvalue weighted by Gasteiger charge is 2.59. The van der Waals surface area contributed by atoms with Crippen molar-refractivity contribution in [3.63, 3.8) is 0 Å². The van der Waals surface area contributed by atoms with E-state index in [1.807, 2.05) is 0 Å². The van der Waals surface area contributed by atoms with Gasteiger partial charge in [0, 0.05) is 12.8 Å². The van der Waals surface area contributed by atoms with Crippen molar-refractivity contribution >= 4 is 5.97 Å². The quantitative estimate of drug-likeness (QED) is 0.0505. The van der Waals surface area contributed by atoms with Gasteiger partial charge in [-0.15, -0.1) is 0 Å². The number of carbonyl (C=O) groups is 1. The van der Waals surface area contributed by atoms with Crippen molar-refractivity contribution in [1.29, 1.82) is 0 Å². The summed E-state index contributed by atoms with van der Waals surface area (Å²) < 4.78 is 6.16. The first kappa shape index (κ1) is 43.9. The Morgan fingerprint density at radius 3 is 1.85 bits per heavy atom. The Labute approximate surface area is 325 Å². The molecule has 52 heavy (non-hydrogen) atoms. The summed E-state index contributed by atoms with van der Waals surface area (Å²) in [5.74, 6) is 6.18. The van der Waals surface area contributed by atoms with E-state index in [0.717, 1.165) is 60.7 Å². The third-order valence-electron chi connectivity index (χ3n) is 16.3. The van der Waals surface area contributed by atoms with Crippen molar-refractivity contribution in [2.75, 3.05) is 0 Å². The van der Waals surface area contributed by atoms with E-state index in [2.05, 4.69) is 54.5 Å². The van der Waals surface area contributed by atoms with E-state index in [1.54, 1.807) is 5.57 Å². The SMILES string of the molecule is CCCCCCCCCCCCCCCCCCCCC(=O)OC1CCC2(C)C(=CCC3C2CCC2(C)C(C(C)CCC(CC)C(C)C)CCC32)C1. The van der Waals surface area contributed by atoms with Crippen LogP contribution in [0.3, 0.4) is 0 Å². The second-order valence-corrected chi connectivity index (χ2v) is 20.1. The van der Waals surface area contributed by atoms with Crippen molar-refractivity contribution in [1.82, 2.24) is 0 Å². The number of esters is 1. The van der Waals surface area contributed by atoms with E-state index < -0.39 is 0 Å². The van der Waals surface area contributed by atoms with Gasteiger partial charge < -0.3 is 4.74 Å². The Morgan fingerprint density at radius 2 is 1.29 bits per heavy atom. The lowest BCUT2D eigenvalue weighted by molar-refractivity contribution is -0.151. The van der Waals surface area contributed by atoms with Crippen LogP contribution in [0, 0.1) is 52.3 Å². The van der Waals surface area contributed by atoms with Crippen LogP contribution >= 0.6 is 0 Å². The molecule has 0 radical (unpaired) electrons. The molecule has 0 aromatic carbocycles. The lowest BCUT2D eigenvalue weighted by Gasteiger charge is -2.58. The standard InChI is InChI=1S/C50H90O2/c1-8-10-11-12-13-14-15-16-17-18-19-20-21-22-23-24-25-26-27-48(51)52-43-34-36-49(6)42(38-43)30-31-44-46-33-32-45(50(46,7)37-35-47(44)49)40(5)28-29-41(9-2)39(3)4/h30,39-41,43-47H,8-29,31-38H2,1-7H3. The molecule has 4 rings (SSSR count). The maximum absolute atomic E-state index is 12.9. The minimum atomic E-state index is 0.0672. The van der Waals surface area contributed by atoms with Crippen LogP contribution < -0.4 is 0 Å². The predicted molar refractivity (Wildman–Crippen MR) is 225 cm³/mol. The van der Waals surface area contributed by atoms with Gasteiger partial charge in [0.2, 0.25) is 0 Å². The van der Waals surface area contributed by atoms with Gasteiger partial charge in [0.15, 0.2) is 0 Å². The zero-order valence-electron chi connectivity index (χ0n) is 36.2. The van der Waals surface area contributed by atoms with Crippen LogP contribution in [0.25, 0.3) is 0 Å². The minimum Gasteiger partial charge on any atom is -0.462 e. The molecule has 9 unspecified atom stereocenters. The molecule has 3 fully saturated rings. The van der Waals surface area contributed by atoms with E-state index in [1.165, 1.54) is 167 Å². The second kappa shape index (κ2) is 22.7. The van der Waals surface area contributed by atoms with Crippen LogP contribution in [-0.2, 0) is 9.53 Å². The first-order chi connectivity index (χ1) is 25.1. The summed E-state index contributed by atoms with van der Waals surface area (Å²) >= 11 is 0. The molecule has 0 spiro atoms. The molecule has 2 heteroatoms. The molecule has 9 atom stereocenters. The summed E-state index contributed by atoms with van der Waals surface area (Å²) in [6, 6.07) is 0. The molecule has 0 amide bonds. The van der Waals surface area contributed by atoms with Crippen molar-refractivity contribution in [3.05, 3.63) is 11.6 Å². The number of fused-ring (bicyclic) bond motifs is 5. The largest absolute Gasteiger partial charge is 0.462 e. The van der Waals surface area contributed by atoms with Gasteiger partial charge in [0.05, 0.1) is 0 Å². The van der Waals surface area contributed by atoms with Gasteiger partial charge in [0.25, 0.3) is 0 Å². The number of hydrogen-bond donors (Lipinski definition) is 0. The molecule has 4 aliphatic rings. The Kier molecular flexibility index (Phi) is 19.2. The third-order valence-corrected chi connectivity index (χ3v) is 16.3. The lowest BCUT2D eigenvalue weighted by atomic mass is 9.47. The van der Waals surface area contributed by atoms with Crippen LogP contribution in [0.1, 0.15) is 241 Å². The average molecular weight is 723 g/mol. The molecule has 2 nitrogen and oxygen atoms in total. The highest BCUT2D eigenvalue weighted by atomic mass is 16.5. The van der Waals surface area contributed by atoms with Gasteiger partial charge >= 0.3 is 5.97 Å². The molecule has 0 aromatic rings. The second-order valence-electron chi connectivity index (χ2n) is 20.1. The minimum absolute atomic E-state index is 0.0672. The normalized spacial score (nSPS) is 31.1. The summed E-state index contributed by atoms with van der Waals surface area (Å²) in [7, 11) is 0. The summed E-state index contributed by atoms with van der Waals surface area (Å²) in [4.78, 5) is 12.9. The van der Waals surface area contributed by atoms with Crippen molar-refractivity contribution in [2.24, 2.45) is 52.3 Å². The lowest BCUT2D eigenvalue weighted by Crippen LogP contribution is -2.51. The average Bonchev–Trinajstić information content (AvgIpc) is 3.48. The third kappa shape index (κ3) is 12.4. The molecule has 0 bridgehead atoms. The zero-order chi connectivity index (χ0) is 37.4. The summed E-state index contributed by atoms with van der Waals surface area (Å²) in [5, 5.41) is 0. The number of carbonyl (C=O) groups excluding carboxylic acids is 1. The fourth-order valence-corrected chi connectivity index (χ4v) is 12.8. The molecule has 4 aliphatic carbocycles. The predicted octanol–water partition coefficient (Wildman–Crippen LogP) is 16.0. The molecule has 302 valence electrons. The smallest absolute Gasteiger partial charge is 0.306 e. The van der Waals surface area contributed by atoms with E-state index in [9.17, 15) is 4.79 Å². The molecular weight excluding hydrogens is 633 g/mol. The van der Waals surface area contributed by atoms with Gasteiger partial charge in [-0.25, -0.2) is 0 Å². The van der Waals surface area contributed by atoms with Crippen LogP contribution in [-0.4, -0.2) is 12.1 Å². The Morgan fingerprint density at radius 1 is 0.712 bits per heavy atom.